The SMILES string of the molecule is O=C(CCl)NC(=O)N(/N=C\c1ccccc1)c1ccccc1. The number of anilines is 1. The van der Waals surface area contributed by atoms with Crippen LogP contribution in [0.2, 0.25) is 0 Å². The van der Waals surface area contributed by atoms with E-state index in [0.717, 1.165) is 10.6 Å². The molecule has 0 aliphatic heterocycles. The van der Waals surface area contributed by atoms with Crippen LogP contribution in [-0.2, 0) is 4.79 Å². The molecule has 6 heteroatoms. The Morgan fingerprint density at radius 2 is 1.64 bits per heavy atom. The van der Waals surface area contributed by atoms with E-state index in [1.54, 1.807) is 24.3 Å². The van der Waals surface area contributed by atoms with Crippen molar-refractivity contribution >= 4 is 35.4 Å². The van der Waals surface area contributed by atoms with E-state index in [4.69, 9.17) is 11.6 Å². The number of carbonyl (C=O) groups excluding carboxylic acids is 2. The number of halogens is 1. The van der Waals surface area contributed by atoms with Crippen LogP contribution in [0, 0.1) is 0 Å². The molecular weight excluding hydrogens is 302 g/mol. The largest absolute Gasteiger partial charge is 0.349 e. The Labute approximate surface area is 133 Å². The summed E-state index contributed by atoms with van der Waals surface area (Å²) in [6.07, 6.45) is 1.54. The van der Waals surface area contributed by atoms with E-state index < -0.39 is 11.9 Å². The number of amides is 3. The smallest absolute Gasteiger partial charge is 0.275 e. The lowest BCUT2D eigenvalue weighted by atomic mass is 10.2. The van der Waals surface area contributed by atoms with Crippen molar-refractivity contribution in [3.05, 3.63) is 66.2 Å². The summed E-state index contributed by atoms with van der Waals surface area (Å²) in [6, 6.07) is 17.5. The number of imide groups is 1. The quantitative estimate of drug-likeness (QED) is 0.535. The summed E-state index contributed by atoms with van der Waals surface area (Å²) in [5.74, 6) is -0.876. The van der Waals surface area contributed by atoms with E-state index in [1.807, 2.05) is 36.4 Å². The first-order valence-corrected chi connectivity index (χ1v) is 7.08. The van der Waals surface area contributed by atoms with E-state index in [1.165, 1.54) is 6.21 Å². The standard InChI is InChI=1S/C16H14ClN3O2/c17-11-15(21)19-16(22)20(14-9-5-2-6-10-14)18-12-13-7-3-1-4-8-13/h1-10,12H,11H2,(H,19,21,22)/b18-12-. The Morgan fingerprint density at radius 1 is 1.05 bits per heavy atom. The van der Waals surface area contributed by atoms with Gasteiger partial charge in [-0.2, -0.15) is 10.1 Å². The zero-order valence-corrected chi connectivity index (χ0v) is 12.4. The number of benzene rings is 2. The number of hydrazone groups is 1. The van der Waals surface area contributed by atoms with E-state index in [-0.39, 0.29) is 5.88 Å². The lowest BCUT2D eigenvalue weighted by Gasteiger charge is -2.16. The number of rotatable bonds is 4. The third-order valence-corrected chi connectivity index (χ3v) is 2.93. The van der Waals surface area contributed by atoms with Crippen molar-refractivity contribution in [3.8, 4) is 0 Å². The van der Waals surface area contributed by atoms with E-state index >= 15 is 0 Å². The highest BCUT2D eigenvalue weighted by atomic mass is 35.5. The van der Waals surface area contributed by atoms with Gasteiger partial charge >= 0.3 is 6.03 Å². The van der Waals surface area contributed by atoms with Crippen molar-refractivity contribution < 1.29 is 9.59 Å². The van der Waals surface area contributed by atoms with Gasteiger partial charge in [-0.25, -0.2) is 4.79 Å². The summed E-state index contributed by atoms with van der Waals surface area (Å²) < 4.78 is 0. The zero-order valence-electron chi connectivity index (χ0n) is 11.6. The van der Waals surface area contributed by atoms with Gasteiger partial charge in [0.2, 0.25) is 5.91 Å². The van der Waals surface area contributed by atoms with Crippen molar-refractivity contribution in [1.29, 1.82) is 0 Å². The zero-order chi connectivity index (χ0) is 15.8. The average molecular weight is 316 g/mol. The number of urea groups is 1. The molecule has 0 fully saturated rings. The first kappa shape index (κ1) is 15.7. The molecule has 2 aromatic carbocycles. The Balaban J connectivity index is 2.24. The van der Waals surface area contributed by atoms with E-state index in [0.29, 0.717) is 5.69 Å². The molecule has 0 heterocycles. The molecule has 0 saturated heterocycles. The highest BCUT2D eigenvalue weighted by molar-refractivity contribution is 6.28. The van der Waals surface area contributed by atoms with Crippen molar-refractivity contribution in [2.24, 2.45) is 5.10 Å². The summed E-state index contributed by atoms with van der Waals surface area (Å²) >= 11 is 5.40. The fraction of sp³-hybridized carbons (Fsp3) is 0.0625. The predicted molar refractivity (Wildman–Crippen MR) is 87.2 cm³/mol. The third-order valence-electron chi connectivity index (χ3n) is 2.68. The minimum atomic E-state index is -0.663. The Morgan fingerprint density at radius 3 is 2.23 bits per heavy atom. The van der Waals surface area contributed by atoms with Gasteiger partial charge in [-0.05, 0) is 17.7 Å². The molecule has 0 aromatic heterocycles. The highest BCUT2D eigenvalue weighted by Gasteiger charge is 2.16. The van der Waals surface area contributed by atoms with Crippen LogP contribution in [0.25, 0.3) is 0 Å². The number of nitrogens with one attached hydrogen (secondary N) is 1. The molecule has 0 atom stereocenters. The molecule has 0 bridgehead atoms. The first-order valence-electron chi connectivity index (χ1n) is 6.54. The lowest BCUT2D eigenvalue weighted by molar-refractivity contribution is -0.117. The molecule has 0 aliphatic rings. The third kappa shape index (κ3) is 4.43. The number of hydrogen-bond donors (Lipinski definition) is 1. The molecule has 112 valence electrons. The lowest BCUT2D eigenvalue weighted by Crippen LogP contribution is -2.41. The second-order valence-electron chi connectivity index (χ2n) is 4.29. The van der Waals surface area contributed by atoms with Crippen molar-refractivity contribution in [1.82, 2.24) is 5.32 Å². The molecule has 0 saturated carbocycles. The van der Waals surface area contributed by atoms with Crippen LogP contribution < -0.4 is 10.3 Å². The maximum Gasteiger partial charge on any atom is 0.349 e. The topological polar surface area (TPSA) is 61.8 Å². The monoisotopic (exact) mass is 315 g/mol. The van der Waals surface area contributed by atoms with E-state index in [2.05, 4.69) is 10.4 Å². The van der Waals surface area contributed by atoms with Gasteiger partial charge in [0.1, 0.15) is 5.88 Å². The van der Waals surface area contributed by atoms with Gasteiger partial charge in [0.15, 0.2) is 0 Å². The minimum Gasteiger partial charge on any atom is -0.275 e. The van der Waals surface area contributed by atoms with Gasteiger partial charge in [0.25, 0.3) is 0 Å². The Hall–Kier alpha value is -2.66. The van der Waals surface area contributed by atoms with Gasteiger partial charge < -0.3 is 0 Å². The Kier molecular flexibility index (Phi) is 5.68. The minimum absolute atomic E-state index is 0.295. The number of hydrogen-bond acceptors (Lipinski definition) is 3. The second kappa shape index (κ2) is 7.95. The number of alkyl halides is 1. The van der Waals surface area contributed by atoms with Gasteiger partial charge in [-0.15, -0.1) is 11.6 Å². The van der Waals surface area contributed by atoms with Crippen LogP contribution in [-0.4, -0.2) is 24.0 Å². The van der Waals surface area contributed by atoms with Gasteiger partial charge in [-0.3, -0.25) is 10.1 Å². The fourth-order valence-electron chi connectivity index (χ4n) is 1.67. The van der Waals surface area contributed by atoms with Gasteiger partial charge in [-0.1, -0.05) is 48.5 Å². The molecule has 0 spiro atoms. The summed E-state index contributed by atoms with van der Waals surface area (Å²) in [7, 11) is 0. The molecule has 0 radical (unpaired) electrons. The normalized spacial score (nSPS) is 10.4. The summed E-state index contributed by atoms with van der Waals surface area (Å²) in [4.78, 5) is 23.4. The van der Waals surface area contributed by atoms with Crippen molar-refractivity contribution in [2.45, 2.75) is 0 Å². The van der Waals surface area contributed by atoms with Crippen molar-refractivity contribution in [3.63, 3.8) is 0 Å². The van der Waals surface area contributed by atoms with Gasteiger partial charge in [0.05, 0.1) is 11.9 Å². The molecule has 2 rings (SSSR count). The number of carbonyl (C=O) groups is 2. The fourth-order valence-corrected chi connectivity index (χ4v) is 1.74. The van der Waals surface area contributed by atoms with Crippen LogP contribution in [0.1, 0.15) is 5.56 Å². The number of para-hydroxylation sites is 1. The van der Waals surface area contributed by atoms with Crippen LogP contribution in [0.5, 0.6) is 0 Å². The van der Waals surface area contributed by atoms with Crippen LogP contribution in [0.15, 0.2) is 65.8 Å². The Bertz CT molecular complexity index is 660. The maximum atomic E-state index is 12.2. The average Bonchev–Trinajstić information content (AvgIpc) is 2.57. The molecule has 5 nitrogen and oxygen atoms in total. The van der Waals surface area contributed by atoms with E-state index in [9.17, 15) is 9.59 Å². The molecule has 3 amide bonds. The number of nitrogens with zero attached hydrogens (tertiary/aromatic N) is 2. The molecule has 2 aromatic rings. The summed E-state index contributed by atoms with van der Waals surface area (Å²) in [5, 5.41) is 7.43. The molecular formula is C16H14ClN3O2. The van der Waals surface area contributed by atoms with Crippen LogP contribution in [0.4, 0.5) is 10.5 Å². The molecule has 22 heavy (non-hydrogen) atoms. The molecule has 1 N–H and O–H groups in total. The maximum absolute atomic E-state index is 12.2. The van der Waals surface area contributed by atoms with Crippen LogP contribution >= 0.6 is 11.6 Å². The molecule has 0 aliphatic carbocycles. The second-order valence-corrected chi connectivity index (χ2v) is 4.56. The molecule has 0 unspecified atom stereocenters. The van der Waals surface area contributed by atoms with Crippen molar-refractivity contribution in [2.75, 3.05) is 10.9 Å². The van der Waals surface area contributed by atoms with Gasteiger partial charge in [0, 0.05) is 0 Å². The summed E-state index contributed by atoms with van der Waals surface area (Å²) in [5.41, 5.74) is 1.37. The van der Waals surface area contributed by atoms with Crippen LogP contribution in [0.3, 0.4) is 0 Å². The highest BCUT2D eigenvalue weighted by Crippen LogP contribution is 2.14. The predicted octanol–water partition coefficient (Wildman–Crippen LogP) is 3.00. The summed E-state index contributed by atoms with van der Waals surface area (Å²) in [6.45, 7) is 0. The first-order chi connectivity index (χ1) is 10.7.